The van der Waals surface area contributed by atoms with Gasteiger partial charge in [-0.15, -0.1) is 0 Å². The van der Waals surface area contributed by atoms with E-state index in [1.165, 1.54) is 12.1 Å². The van der Waals surface area contributed by atoms with Crippen molar-refractivity contribution in [2.45, 2.75) is 52.6 Å². The summed E-state index contributed by atoms with van der Waals surface area (Å²) in [6.07, 6.45) is 2.93. The number of alkyl halides is 3. The maximum absolute atomic E-state index is 13.0. The molecule has 0 aliphatic heterocycles. The van der Waals surface area contributed by atoms with Crippen LogP contribution in [-0.2, 0) is 11.3 Å². The molecule has 2 aromatic rings. The molecule has 0 saturated carbocycles. The summed E-state index contributed by atoms with van der Waals surface area (Å²) < 4.78 is 50.8. The molecule has 0 aromatic heterocycles. The number of halogens is 3. The molecular formula is C26H32F3NO3. The van der Waals surface area contributed by atoms with E-state index in [2.05, 4.69) is 9.99 Å². The van der Waals surface area contributed by atoms with Crippen LogP contribution >= 0.6 is 0 Å². The van der Waals surface area contributed by atoms with Crippen molar-refractivity contribution in [3.8, 4) is 11.5 Å². The fraction of sp³-hybridized carbons (Fsp3) is 0.423. The quantitative estimate of drug-likeness (QED) is 0.148. The maximum Gasteiger partial charge on any atom is 0.437 e. The summed E-state index contributed by atoms with van der Waals surface area (Å²) in [6, 6.07) is 10.2. The molecule has 0 saturated heterocycles. The lowest BCUT2D eigenvalue weighted by molar-refractivity contribution is -0.0608. The third-order valence-electron chi connectivity index (χ3n) is 5.05. The van der Waals surface area contributed by atoms with E-state index in [4.69, 9.17) is 9.47 Å². The summed E-state index contributed by atoms with van der Waals surface area (Å²) in [5.41, 5.74) is 2.03. The van der Waals surface area contributed by atoms with Crippen molar-refractivity contribution in [2.75, 3.05) is 20.3 Å². The van der Waals surface area contributed by atoms with E-state index in [0.29, 0.717) is 13.2 Å². The third-order valence-corrected chi connectivity index (χ3v) is 5.05. The monoisotopic (exact) mass is 463 g/mol. The second-order valence-corrected chi connectivity index (χ2v) is 7.74. The van der Waals surface area contributed by atoms with Crippen LogP contribution in [0, 0.1) is 13.8 Å². The Kier molecular flexibility index (Phi) is 10.3. The number of rotatable bonds is 12. The predicted molar refractivity (Wildman–Crippen MR) is 125 cm³/mol. The van der Waals surface area contributed by atoms with Gasteiger partial charge in [-0.2, -0.15) is 13.2 Å². The average Bonchev–Trinajstić information content (AvgIpc) is 2.76. The molecule has 0 atom stereocenters. The Morgan fingerprint density at radius 2 is 1.64 bits per heavy atom. The van der Waals surface area contributed by atoms with E-state index in [1.54, 1.807) is 12.1 Å². The largest absolute Gasteiger partial charge is 0.493 e. The van der Waals surface area contributed by atoms with E-state index >= 15 is 0 Å². The molecule has 0 aliphatic rings. The van der Waals surface area contributed by atoms with Gasteiger partial charge in [0.2, 0.25) is 0 Å². The fourth-order valence-corrected chi connectivity index (χ4v) is 3.43. The zero-order valence-electron chi connectivity index (χ0n) is 19.7. The second-order valence-electron chi connectivity index (χ2n) is 7.74. The summed E-state index contributed by atoms with van der Waals surface area (Å²) in [5.74, 6) is 1.72. The Balaban J connectivity index is 1.77. The normalized spacial score (nSPS) is 12.3. The van der Waals surface area contributed by atoms with E-state index < -0.39 is 11.9 Å². The van der Waals surface area contributed by atoms with Crippen molar-refractivity contribution >= 4 is 5.71 Å². The number of nitrogens with zero attached hydrogens (tertiary/aromatic N) is 1. The molecule has 0 bridgehead atoms. The lowest BCUT2D eigenvalue weighted by Gasteiger charge is -2.14. The standard InChI is InChI=1S/C26H32F3NO3/c1-5-6-15-32-23-17-19(2)24(20(3)18-23)33-16-9-7-8-10-21-11-13-22(14-12-21)25(30-31-4)26(27,28)29/h5-6,11-14,17-18H,7-10,15-16H2,1-4H3/b6-5+,30-25?. The molecule has 0 amide bonds. The molecule has 2 rings (SSSR count). The summed E-state index contributed by atoms with van der Waals surface area (Å²) in [6.45, 7) is 7.13. The summed E-state index contributed by atoms with van der Waals surface area (Å²) >= 11 is 0. The van der Waals surface area contributed by atoms with E-state index in [-0.39, 0.29) is 5.56 Å². The molecule has 0 fully saturated rings. The van der Waals surface area contributed by atoms with Gasteiger partial charge >= 0.3 is 6.18 Å². The first-order chi connectivity index (χ1) is 15.8. The van der Waals surface area contributed by atoms with Crippen LogP contribution in [0.15, 0.2) is 53.7 Å². The van der Waals surface area contributed by atoms with Crippen LogP contribution in [0.1, 0.15) is 48.4 Å². The molecule has 33 heavy (non-hydrogen) atoms. The van der Waals surface area contributed by atoms with Gasteiger partial charge in [-0.25, -0.2) is 0 Å². The second kappa shape index (κ2) is 12.9. The van der Waals surface area contributed by atoms with Crippen LogP contribution in [-0.4, -0.2) is 32.2 Å². The van der Waals surface area contributed by atoms with Crippen LogP contribution in [0.5, 0.6) is 11.5 Å². The molecular weight excluding hydrogens is 431 g/mol. The average molecular weight is 464 g/mol. The summed E-state index contributed by atoms with van der Waals surface area (Å²) in [5, 5.41) is 3.12. The number of benzene rings is 2. The number of hydrogen-bond acceptors (Lipinski definition) is 4. The molecule has 0 heterocycles. The molecule has 4 nitrogen and oxygen atoms in total. The minimum Gasteiger partial charge on any atom is -0.493 e. The van der Waals surface area contributed by atoms with Crippen molar-refractivity contribution in [1.82, 2.24) is 0 Å². The van der Waals surface area contributed by atoms with Gasteiger partial charge in [0.05, 0.1) is 6.61 Å². The van der Waals surface area contributed by atoms with Crippen LogP contribution in [0.25, 0.3) is 0 Å². The number of oxime groups is 1. The minimum atomic E-state index is -4.56. The van der Waals surface area contributed by atoms with E-state index in [1.807, 2.05) is 45.1 Å². The first kappa shape index (κ1) is 26.3. The molecule has 180 valence electrons. The van der Waals surface area contributed by atoms with Gasteiger partial charge in [0.15, 0.2) is 5.71 Å². The highest BCUT2D eigenvalue weighted by atomic mass is 19.4. The van der Waals surface area contributed by atoms with Gasteiger partial charge in [0, 0.05) is 5.56 Å². The highest BCUT2D eigenvalue weighted by molar-refractivity contribution is 6.04. The Morgan fingerprint density at radius 3 is 2.21 bits per heavy atom. The highest BCUT2D eigenvalue weighted by Crippen LogP contribution is 2.29. The summed E-state index contributed by atoms with van der Waals surface area (Å²) in [7, 11) is 1.10. The van der Waals surface area contributed by atoms with Crippen LogP contribution in [0.3, 0.4) is 0 Å². The smallest absolute Gasteiger partial charge is 0.437 e. The van der Waals surface area contributed by atoms with Gasteiger partial charge < -0.3 is 14.3 Å². The number of unbranched alkanes of at least 4 members (excludes halogenated alkanes) is 2. The number of allylic oxidation sites excluding steroid dienone is 1. The SMILES string of the molecule is C/C=C/COc1cc(C)c(OCCCCCc2ccc(C(=NOC)C(F)(F)F)cc2)c(C)c1. The molecule has 0 aliphatic carbocycles. The molecule has 2 aromatic carbocycles. The van der Waals surface area contributed by atoms with Crippen molar-refractivity contribution in [1.29, 1.82) is 0 Å². The molecule has 0 radical (unpaired) electrons. The highest BCUT2D eigenvalue weighted by Gasteiger charge is 2.37. The van der Waals surface area contributed by atoms with Gasteiger partial charge in [-0.05, 0) is 75.3 Å². The Bertz CT molecular complexity index is 912. The van der Waals surface area contributed by atoms with Gasteiger partial charge in [0.1, 0.15) is 25.2 Å². The number of hydrogen-bond donors (Lipinski definition) is 0. The molecule has 0 spiro atoms. The number of ether oxygens (including phenoxy) is 2. The maximum atomic E-state index is 13.0. The van der Waals surface area contributed by atoms with Crippen molar-refractivity contribution < 1.29 is 27.5 Å². The Hall–Kier alpha value is -2.96. The van der Waals surface area contributed by atoms with Gasteiger partial charge in [-0.3, -0.25) is 0 Å². The zero-order chi connectivity index (χ0) is 24.3. The Morgan fingerprint density at radius 1 is 0.970 bits per heavy atom. The lowest BCUT2D eigenvalue weighted by Crippen LogP contribution is -2.24. The van der Waals surface area contributed by atoms with Crippen molar-refractivity contribution in [3.05, 3.63) is 70.8 Å². The van der Waals surface area contributed by atoms with E-state index in [0.717, 1.165) is 61.0 Å². The first-order valence-electron chi connectivity index (χ1n) is 11.0. The first-order valence-corrected chi connectivity index (χ1v) is 11.0. The number of aryl methyl sites for hydroxylation is 3. The van der Waals surface area contributed by atoms with Crippen LogP contribution in [0.2, 0.25) is 0 Å². The summed E-state index contributed by atoms with van der Waals surface area (Å²) in [4.78, 5) is 4.34. The van der Waals surface area contributed by atoms with E-state index in [9.17, 15) is 13.2 Å². The molecule has 7 heteroatoms. The molecule has 0 unspecified atom stereocenters. The van der Waals surface area contributed by atoms with Gasteiger partial charge in [-0.1, -0.05) is 41.6 Å². The zero-order valence-corrected chi connectivity index (χ0v) is 19.7. The van der Waals surface area contributed by atoms with Crippen LogP contribution in [0.4, 0.5) is 13.2 Å². The minimum absolute atomic E-state index is 0.00881. The molecule has 0 N–H and O–H groups in total. The topological polar surface area (TPSA) is 40.0 Å². The van der Waals surface area contributed by atoms with Crippen LogP contribution < -0.4 is 9.47 Å². The third kappa shape index (κ3) is 8.48. The fourth-order valence-electron chi connectivity index (χ4n) is 3.43. The lowest BCUT2D eigenvalue weighted by atomic mass is 10.0. The Labute approximate surface area is 194 Å². The van der Waals surface area contributed by atoms with Crippen molar-refractivity contribution in [3.63, 3.8) is 0 Å². The van der Waals surface area contributed by atoms with Gasteiger partial charge in [0.25, 0.3) is 0 Å². The predicted octanol–water partition coefficient (Wildman–Crippen LogP) is 6.96. The van der Waals surface area contributed by atoms with Crippen molar-refractivity contribution in [2.24, 2.45) is 5.16 Å².